The van der Waals surface area contributed by atoms with Crippen molar-refractivity contribution in [2.24, 2.45) is 7.05 Å². The maximum Gasteiger partial charge on any atom is 0.246 e. The first kappa shape index (κ1) is 31.6. The van der Waals surface area contributed by atoms with Crippen molar-refractivity contribution in [1.82, 2.24) is 29.2 Å². The fourth-order valence-corrected chi connectivity index (χ4v) is 7.46. The van der Waals surface area contributed by atoms with Gasteiger partial charge in [-0.2, -0.15) is 5.10 Å². The quantitative estimate of drug-likeness (QED) is 0.178. The number of pyridine rings is 1. The number of imidazole rings is 1. The van der Waals surface area contributed by atoms with Crippen LogP contribution in [-0.4, -0.2) is 59.5 Å². The van der Waals surface area contributed by atoms with Gasteiger partial charge in [0.05, 0.1) is 46.2 Å². The smallest absolute Gasteiger partial charge is 0.246 e. The molecule has 5 heterocycles. The summed E-state index contributed by atoms with van der Waals surface area (Å²) in [6.07, 6.45) is 0.429. The molecule has 12 heteroatoms. The molecule has 0 radical (unpaired) electrons. The van der Waals surface area contributed by atoms with Crippen molar-refractivity contribution in [3.63, 3.8) is 0 Å². The fraction of sp³-hybridized carbons (Fsp3) is 0.278. The van der Waals surface area contributed by atoms with Gasteiger partial charge >= 0.3 is 0 Å². The van der Waals surface area contributed by atoms with Crippen molar-refractivity contribution in [2.45, 2.75) is 45.9 Å². The van der Waals surface area contributed by atoms with Crippen LogP contribution in [0.3, 0.4) is 0 Å². The minimum absolute atomic E-state index is 0.0184. The average molecular weight is 669 g/mol. The van der Waals surface area contributed by atoms with Gasteiger partial charge in [-0.25, -0.2) is 18.7 Å². The third-order valence-electron chi connectivity index (χ3n) is 8.97. The van der Waals surface area contributed by atoms with E-state index in [1.165, 1.54) is 24.3 Å². The minimum atomic E-state index is -0.875. The Morgan fingerprint density at radius 2 is 1.94 bits per heavy atom. The number of aliphatic hydroxyl groups is 1. The first-order valence-electron chi connectivity index (χ1n) is 15.6. The lowest BCUT2D eigenvalue weighted by atomic mass is 9.96. The molecule has 4 aromatic heterocycles. The number of aryl methyl sites for hydroxylation is 2. The van der Waals surface area contributed by atoms with Crippen LogP contribution in [0, 0.1) is 18.6 Å². The van der Waals surface area contributed by atoms with Crippen molar-refractivity contribution in [3.8, 4) is 39.5 Å². The molecular formula is C36H34F2N6O3S. The number of thiophene rings is 1. The number of hydrogen-bond donors (Lipinski definition) is 1. The molecule has 3 atom stereocenters. The van der Waals surface area contributed by atoms with Crippen molar-refractivity contribution in [3.05, 3.63) is 83.7 Å². The number of carbonyl (C=O) groups is 1. The van der Waals surface area contributed by atoms with E-state index in [9.17, 15) is 14.3 Å². The van der Waals surface area contributed by atoms with Crippen LogP contribution in [0.2, 0.25) is 0 Å². The zero-order valence-corrected chi connectivity index (χ0v) is 28.0. The van der Waals surface area contributed by atoms with Crippen LogP contribution in [0.25, 0.3) is 54.9 Å². The number of benzene rings is 2. The average Bonchev–Trinajstić information content (AvgIpc) is 3.79. The summed E-state index contributed by atoms with van der Waals surface area (Å²) in [5.74, 6) is -1.01. The Hall–Kier alpha value is -4.94. The molecule has 9 nitrogen and oxygen atoms in total. The summed E-state index contributed by atoms with van der Waals surface area (Å²) in [5.41, 5.74) is 5.29. The van der Waals surface area contributed by atoms with Crippen LogP contribution in [0.4, 0.5) is 8.78 Å². The molecule has 0 bridgehead atoms. The molecule has 6 aromatic rings. The van der Waals surface area contributed by atoms with E-state index in [1.54, 1.807) is 4.90 Å². The molecule has 48 heavy (non-hydrogen) atoms. The maximum atomic E-state index is 16.1. The predicted molar refractivity (Wildman–Crippen MR) is 183 cm³/mol. The second-order valence-corrected chi connectivity index (χ2v) is 13.2. The number of rotatable bonds is 7. The Bertz CT molecular complexity index is 2250. The number of nitrogens with zero attached hydrogens (tertiary/aromatic N) is 6. The van der Waals surface area contributed by atoms with E-state index in [0.717, 1.165) is 45.6 Å². The lowest BCUT2D eigenvalue weighted by Crippen LogP contribution is -2.42. The fourth-order valence-electron chi connectivity index (χ4n) is 6.51. The number of carbonyl (C=O) groups excluding carboxylic acids is 1. The molecule has 1 amide bonds. The number of ether oxygens (including phenoxy) is 1. The van der Waals surface area contributed by atoms with Gasteiger partial charge < -0.3 is 19.3 Å². The van der Waals surface area contributed by atoms with E-state index in [1.807, 2.05) is 72.8 Å². The highest BCUT2D eigenvalue weighted by Crippen LogP contribution is 2.48. The molecule has 0 saturated heterocycles. The van der Waals surface area contributed by atoms with Crippen molar-refractivity contribution in [2.75, 3.05) is 13.2 Å². The van der Waals surface area contributed by atoms with E-state index in [4.69, 9.17) is 19.8 Å². The van der Waals surface area contributed by atoms with Gasteiger partial charge in [-0.1, -0.05) is 12.6 Å². The molecule has 0 aliphatic carbocycles. The normalized spacial score (nSPS) is 16.8. The Labute approximate surface area is 279 Å². The van der Waals surface area contributed by atoms with Gasteiger partial charge in [0.1, 0.15) is 41.2 Å². The number of hydrogen-bond acceptors (Lipinski definition) is 7. The summed E-state index contributed by atoms with van der Waals surface area (Å²) in [5, 5.41) is 17.7. The van der Waals surface area contributed by atoms with Gasteiger partial charge in [0.2, 0.25) is 5.91 Å². The molecular weight excluding hydrogens is 634 g/mol. The SMILES string of the molecule is C=CC(=O)N1C[C@H](C)n2nc(-c3nc(-c4ccc5c(c4)nc(C)n5C)c4ccsc4c3-c3c(F)cc(F)cc3OC[C@@H](C)O)cc2[C@H]1C. The Kier molecular flexibility index (Phi) is 7.87. The lowest BCUT2D eigenvalue weighted by molar-refractivity contribution is -0.129. The number of amides is 1. The molecule has 0 unspecified atom stereocenters. The predicted octanol–water partition coefficient (Wildman–Crippen LogP) is 7.38. The van der Waals surface area contributed by atoms with Gasteiger partial charge in [-0.3, -0.25) is 9.48 Å². The molecule has 7 rings (SSSR count). The summed E-state index contributed by atoms with van der Waals surface area (Å²) in [7, 11) is 1.97. The van der Waals surface area contributed by atoms with Crippen molar-refractivity contribution >= 4 is 38.4 Å². The third kappa shape index (κ3) is 5.15. The molecule has 1 N–H and O–H groups in total. The van der Waals surface area contributed by atoms with E-state index >= 15 is 4.39 Å². The van der Waals surface area contributed by atoms with Crippen LogP contribution in [0.15, 0.2) is 60.5 Å². The molecule has 2 aromatic carbocycles. The molecule has 0 saturated carbocycles. The molecule has 0 spiro atoms. The second kappa shape index (κ2) is 11.9. The maximum absolute atomic E-state index is 16.1. The highest BCUT2D eigenvalue weighted by molar-refractivity contribution is 7.18. The highest BCUT2D eigenvalue weighted by Gasteiger charge is 2.34. The van der Waals surface area contributed by atoms with Gasteiger partial charge in [0, 0.05) is 46.9 Å². The van der Waals surface area contributed by atoms with E-state index in [2.05, 4.69) is 6.58 Å². The van der Waals surface area contributed by atoms with Gasteiger partial charge in [0.25, 0.3) is 0 Å². The summed E-state index contributed by atoms with van der Waals surface area (Å²) < 4.78 is 41.2. The van der Waals surface area contributed by atoms with Crippen molar-refractivity contribution in [1.29, 1.82) is 0 Å². The van der Waals surface area contributed by atoms with Crippen LogP contribution >= 0.6 is 11.3 Å². The first-order chi connectivity index (χ1) is 23.0. The topological polar surface area (TPSA) is 98.3 Å². The summed E-state index contributed by atoms with van der Waals surface area (Å²) in [6.45, 7) is 11.3. The number of fused-ring (bicyclic) bond motifs is 3. The molecule has 246 valence electrons. The van der Waals surface area contributed by atoms with Gasteiger partial charge in [0.15, 0.2) is 0 Å². The van der Waals surface area contributed by atoms with Crippen LogP contribution in [0.5, 0.6) is 5.75 Å². The summed E-state index contributed by atoms with van der Waals surface area (Å²) in [6, 6.07) is 11.3. The van der Waals surface area contributed by atoms with E-state index in [0.29, 0.717) is 33.9 Å². The molecule has 1 aliphatic heterocycles. The van der Waals surface area contributed by atoms with E-state index in [-0.39, 0.29) is 35.9 Å². The summed E-state index contributed by atoms with van der Waals surface area (Å²) in [4.78, 5) is 24.4. The molecule has 1 aliphatic rings. The zero-order valence-electron chi connectivity index (χ0n) is 27.2. The number of aliphatic hydroxyl groups excluding tert-OH is 1. The molecule has 0 fully saturated rings. The van der Waals surface area contributed by atoms with Crippen LogP contribution in [-0.2, 0) is 11.8 Å². The Morgan fingerprint density at radius 3 is 2.69 bits per heavy atom. The second-order valence-electron chi connectivity index (χ2n) is 12.3. The van der Waals surface area contributed by atoms with Crippen LogP contribution in [0.1, 0.15) is 44.4 Å². The third-order valence-corrected chi connectivity index (χ3v) is 9.91. The Balaban J connectivity index is 1.53. The number of aromatic nitrogens is 5. The summed E-state index contributed by atoms with van der Waals surface area (Å²) >= 11 is 1.40. The minimum Gasteiger partial charge on any atom is -0.490 e. The van der Waals surface area contributed by atoms with Gasteiger partial charge in [-0.15, -0.1) is 11.3 Å². The van der Waals surface area contributed by atoms with E-state index < -0.39 is 17.7 Å². The number of halogens is 2. The monoisotopic (exact) mass is 668 g/mol. The van der Waals surface area contributed by atoms with Crippen molar-refractivity contribution < 1.29 is 23.4 Å². The zero-order chi connectivity index (χ0) is 34.0. The lowest BCUT2D eigenvalue weighted by Gasteiger charge is -2.36. The Morgan fingerprint density at radius 1 is 1.15 bits per heavy atom. The largest absolute Gasteiger partial charge is 0.490 e. The van der Waals surface area contributed by atoms with Gasteiger partial charge in [-0.05, 0) is 63.4 Å². The van der Waals surface area contributed by atoms with Crippen LogP contribution < -0.4 is 4.74 Å². The first-order valence-corrected chi connectivity index (χ1v) is 16.5. The highest BCUT2D eigenvalue weighted by atomic mass is 32.1. The standard InChI is InChI=1S/C36H34F2N6O3S/c1-7-31(46)43-16-18(2)44-29(20(43)4)15-27(41-44)35-33(32-25(38)13-23(37)14-30(32)47-17-19(3)45)36-24(10-11-48-36)34(40-35)22-8-9-28-26(12-22)39-21(5)42(28)6/h7-15,18-20,45H,1,16-17H2,2-6H3/t18-,19+,20+/m0/s1.